The van der Waals surface area contributed by atoms with Crippen molar-refractivity contribution >= 4 is 34.2 Å². The van der Waals surface area contributed by atoms with Gasteiger partial charge in [0.1, 0.15) is 5.75 Å². The Morgan fingerprint density at radius 2 is 1.95 bits per heavy atom. The first-order valence-corrected chi connectivity index (χ1v) is 8.20. The average molecular weight is 417 g/mol. The van der Waals surface area contributed by atoms with Crippen LogP contribution in [0.5, 0.6) is 5.75 Å². The van der Waals surface area contributed by atoms with Gasteiger partial charge < -0.3 is 10.1 Å². The summed E-state index contributed by atoms with van der Waals surface area (Å²) in [6.07, 6.45) is 3.71. The molecule has 0 aliphatic carbocycles. The SMILES string of the molecule is CNC(c1cncc(OC(C)C)c1)c1ccc(I)c(Cl)c1. The van der Waals surface area contributed by atoms with Crippen LogP contribution in [-0.2, 0) is 0 Å². The van der Waals surface area contributed by atoms with Gasteiger partial charge >= 0.3 is 0 Å². The Kier molecular flexibility index (Phi) is 5.84. The van der Waals surface area contributed by atoms with Gasteiger partial charge in [0.15, 0.2) is 0 Å². The molecular formula is C16H18ClIN2O. The Bertz CT molecular complexity index is 619. The van der Waals surface area contributed by atoms with E-state index in [1.165, 1.54) is 0 Å². The Labute approximate surface area is 144 Å². The van der Waals surface area contributed by atoms with E-state index in [0.29, 0.717) is 0 Å². The van der Waals surface area contributed by atoms with Crippen LogP contribution in [-0.4, -0.2) is 18.1 Å². The average Bonchev–Trinajstić information content (AvgIpc) is 2.43. The van der Waals surface area contributed by atoms with Crippen LogP contribution < -0.4 is 10.1 Å². The van der Waals surface area contributed by atoms with Crippen LogP contribution in [0.15, 0.2) is 36.7 Å². The van der Waals surface area contributed by atoms with E-state index >= 15 is 0 Å². The molecule has 0 bridgehead atoms. The van der Waals surface area contributed by atoms with Gasteiger partial charge in [0.2, 0.25) is 0 Å². The first-order chi connectivity index (χ1) is 10.0. The van der Waals surface area contributed by atoms with E-state index in [0.717, 1.165) is 25.5 Å². The number of hydrogen-bond donors (Lipinski definition) is 1. The number of benzene rings is 1. The standard InChI is InChI=1S/C16H18ClIN2O/c1-10(2)21-13-6-12(8-20-9-13)16(19-3)11-4-5-15(18)14(17)7-11/h4-10,16,19H,1-3H3. The van der Waals surface area contributed by atoms with Gasteiger partial charge in [-0.15, -0.1) is 0 Å². The van der Waals surface area contributed by atoms with Crippen LogP contribution in [0.1, 0.15) is 31.0 Å². The van der Waals surface area contributed by atoms with E-state index < -0.39 is 0 Å². The molecule has 0 radical (unpaired) electrons. The van der Waals surface area contributed by atoms with E-state index in [1.54, 1.807) is 6.20 Å². The first-order valence-electron chi connectivity index (χ1n) is 6.75. The molecule has 1 N–H and O–H groups in total. The summed E-state index contributed by atoms with van der Waals surface area (Å²) in [5.74, 6) is 0.777. The van der Waals surface area contributed by atoms with E-state index in [9.17, 15) is 0 Å². The third-order valence-electron chi connectivity index (χ3n) is 3.01. The van der Waals surface area contributed by atoms with E-state index in [2.05, 4.69) is 39.0 Å². The number of aromatic nitrogens is 1. The minimum absolute atomic E-state index is 0.0303. The molecule has 1 aromatic carbocycles. The summed E-state index contributed by atoms with van der Waals surface area (Å²) in [7, 11) is 1.92. The van der Waals surface area contributed by atoms with Crippen molar-refractivity contribution in [2.45, 2.75) is 26.0 Å². The maximum Gasteiger partial charge on any atom is 0.138 e. The maximum atomic E-state index is 6.23. The first kappa shape index (κ1) is 16.5. The largest absolute Gasteiger partial charge is 0.489 e. The fourth-order valence-electron chi connectivity index (χ4n) is 2.15. The number of nitrogens with zero attached hydrogens (tertiary/aromatic N) is 1. The summed E-state index contributed by atoms with van der Waals surface area (Å²) >= 11 is 8.45. The van der Waals surface area contributed by atoms with Crippen molar-refractivity contribution in [1.29, 1.82) is 0 Å². The van der Waals surface area contributed by atoms with Gasteiger partial charge in [-0.1, -0.05) is 17.7 Å². The third kappa shape index (κ3) is 4.31. The smallest absolute Gasteiger partial charge is 0.138 e. The summed E-state index contributed by atoms with van der Waals surface area (Å²) in [6, 6.07) is 8.12. The highest BCUT2D eigenvalue weighted by Gasteiger charge is 2.14. The Morgan fingerprint density at radius 3 is 2.57 bits per heavy atom. The van der Waals surface area contributed by atoms with Crippen LogP contribution in [0.3, 0.4) is 0 Å². The molecule has 1 aromatic heterocycles. The predicted molar refractivity (Wildman–Crippen MR) is 95.1 cm³/mol. The molecule has 0 amide bonds. The Morgan fingerprint density at radius 1 is 1.19 bits per heavy atom. The minimum Gasteiger partial charge on any atom is -0.489 e. The molecule has 21 heavy (non-hydrogen) atoms. The van der Waals surface area contributed by atoms with Crippen LogP contribution in [0, 0.1) is 3.57 Å². The van der Waals surface area contributed by atoms with Gasteiger partial charge in [0, 0.05) is 9.77 Å². The topological polar surface area (TPSA) is 34.2 Å². The molecule has 0 spiro atoms. The van der Waals surface area contributed by atoms with Gasteiger partial charge in [-0.25, -0.2) is 0 Å². The summed E-state index contributed by atoms with van der Waals surface area (Å²) in [5, 5.41) is 4.07. The molecular weight excluding hydrogens is 399 g/mol. The van der Waals surface area contributed by atoms with Gasteiger partial charge in [0.25, 0.3) is 0 Å². The van der Waals surface area contributed by atoms with E-state index in [1.807, 2.05) is 45.3 Å². The number of ether oxygens (including phenoxy) is 1. The van der Waals surface area contributed by atoms with Gasteiger partial charge in [0.05, 0.1) is 23.4 Å². The van der Waals surface area contributed by atoms with Crippen LogP contribution >= 0.6 is 34.2 Å². The normalized spacial score (nSPS) is 12.5. The molecule has 2 aromatic rings. The van der Waals surface area contributed by atoms with Crippen LogP contribution in [0.2, 0.25) is 5.02 Å². The molecule has 0 saturated heterocycles. The zero-order valence-electron chi connectivity index (χ0n) is 12.2. The Balaban J connectivity index is 2.34. The van der Waals surface area contributed by atoms with Crippen molar-refractivity contribution < 1.29 is 4.74 Å². The highest BCUT2D eigenvalue weighted by Crippen LogP contribution is 2.28. The lowest BCUT2D eigenvalue weighted by Crippen LogP contribution is -2.18. The molecule has 5 heteroatoms. The summed E-state index contributed by atoms with van der Waals surface area (Å²) in [4.78, 5) is 4.27. The molecule has 0 aliphatic heterocycles. The van der Waals surface area contributed by atoms with Crippen molar-refractivity contribution in [2.75, 3.05) is 7.05 Å². The molecule has 0 aliphatic rings. The second-order valence-corrected chi connectivity index (χ2v) is 6.59. The maximum absolute atomic E-state index is 6.23. The van der Waals surface area contributed by atoms with Crippen molar-refractivity contribution in [3.05, 3.63) is 56.4 Å². The third-order valence-corrected chi connectivity index (χ3v) is 4.58. The fourth-order valence-corrected chi connectivity index (χ4v) is 2.67. The molecule has 2 rings (SSSR count). The van der Waals surface area contributed by atoms with Crippen LogP contribution in [0.25, 0.3) is 0 Å². The molecule has 0 fully saturated rings. The molecule has 112 valence electrons. The van der Waals surface area contributed by atoms with Gasteiger partial charge in [-0.3, -0.25) is 4.98 Å². The fraction of sp³-hybridized carbons (Fsp3) is 0.312. The quantitative estimate of drug-likeness (QED) is 0.732. The van der Waals surface area contributed by atoms with E-state index in [-0.39, 0.29) is 12.1 Å². The summed E-state index contributed by atoms with van der Waals surface area (Å²) in [5.41, 5.74) is 2.15. The van der Waals surface area contributed by atoms with Crippen molar-refractivity contribution in [1.82, 2.24) is 10.3 Å². The molecule has 3 nitrogen and oxygen atoms in total. The number of nitrogens with one attached hydrogen (secondary N) is 1. The number of hydrogen-bond acceptors (Lipinski definition) is 3. The second-order valence-electron chi connectivity index (χ2n) is 5.02. The number of pyridine rings is 1. The zero-order valence-corrected chi connectivity index (χ0v) is 15.1. The van der Waals surface area contributed by atoms with Crippen molar-refractivity contribution in [3.63, 3.8) is 0 Å². The van der Waals surface area contributed by atoms with Crippen molar-refractivity contribution in [3.8, 4) is 5.75 Å². The minimum atomic E-state index is 0.0303. The lowest BCUT2D eigenvalue weighted by molar-refractivity contribution is 0.241. The zero-order chi connectivity index (χ0) is 15.4. The van der Waals surface area contributed by atoms with Crippen LogP contribution in [0.4, 0.5) is 0 Å². The lowest BCUT2D eigenvalue weighted by atomic mass is 10.0. The lowest BCUT2D eigenvalue weighted by Gasteiger charge is -2.19. The predicted octanol–water partition coefficient (Wildman–Crippen LogP) is 4.44. The Hall–Kier alpha value is -0.850. The van der Waals surface area contributed by atoms with E-state index in [4.69, 9.17) is 16.3 Å². The summed E-state index contributed by atoms with van der Waals surface area (Å²) in [6.45, 7) is 4.00. The highest BCUT2D eigenvalue weighted by molar-refractivity contribution is 14.1. The molecule has 1 atom stereocenters. The molecule has 1 unspecified atom stereocenters. The van der Waals surface area contributed by atoms with Gasteiger partial charge in [-0.2, -0.15) is 0 Å². The number of halogens is 2. The molecule has 1 heterocycles. The summed E-state index contributed by atoms with van der Waals surface area (Å²) < 4.78 is 6.76. The molecule has 0 saturated carbocycles. The van der Waals surface area contributed by atoms with Gasteiger partial charge in [-0.05, 0) is 72.8 Å². The second kappa shape index (κ2) is 7.42. The highest BCUT2D eigenvalue weighted by atomic mass is 127. The monoisotopic (exact) mass is 416 g/mol. The van der Waals surface area contributed by atoms with Crippen molar-refractivity contribution in [2.24, 2.45) is 0 Å². The number of rotatable bonds is 5.